The first-order valence-electron chi connectivity index (χ1n) is 7.01. The summed E-state index contributed by atoms with van der Waals surface area (Å²) in [6.45, 7) is 4.14. The van der Waals surface area contributed by atoms with E-state index in [2.05, 4.69) is 33.0 Å². The van der Waals surface area contributed by atoms with E-state index in [0.29, 0.717) is 17.7 Å². The summed E-state index contributed by atoms with van der Waals surface area (Å²) >= 11 is 0. The second-order valence-electron chi connectivity index (χ2n) is 5.05. The molecule has 110 valence electrons. The highest BCUT2D eigenvalue weighted by Crippen LogP contribution is 2.20. The van der Waals surface area contributed by atoms with E-state index in [9.17, 15) is 4.79 Å². The average molecular weight is 278 g/mol. The Labute approximate surface area is 118 Å². The Morgan fingerprint density at radius 3 is 2.65 bits per heavy atom. The van der Waals surface area contributed by atoms with Crippen molar-refractivity contribution in [2.75, 3.05) is 17.3 Å². The van der Waals surface area contributed by atoms with Crippen molar-refractivity contribution in [3.8, 4) is 0 Å². The molecule has 7 nitrogen and oxygen atoms in total. The number of aryl methyl sites for hydroxylation is 1. The SMILES string of the molecule is CCCc1nc(NN)c(C)c(NCC(=O)NC2CC2)n1. The van der Waals surface area contributed by atoms with Crippen molar-refractivity contribution in [3.63, 3.8) is 0 Å². The van der Waals surface area contributed by atoms with Crippen LogP contribution in [0.15, 0.2) is 0 Å². The molecule has 1 heterocycles. The summed E-state index contributed by atoms with van der Waals surface area (Å²) in [5.74, 6) is 7.42. The summed E-state index contributed by atoms with van der Waals surface area (Å²) in [6.07, 6.45) is 3.90. The molecule has 0 aliphatic heterocycles. The zero-order valence-electron chi connectivity index (χ0n) is 12.0. The lowest BCUT2D eigenvalue weighted by molar-refractivity contribution is -0.119. The molecule has 0 spiro atoms. The number of nitrogens with zero attached hydrogens (tertiary/aromatic N) is 2. The number of aromatic nitrogens is 2. The van der Waals surface area contributed by atoms with Crippen LogP contribution in [-0.4, -0.2) is 28.5 Å². The molecule has 1 aliphatic carbocycles. The van der Waals surface area contributed by atoms with E-state index in [-0.39, 0.29) is 12.5 Å². The maximum Gasteiger partial charge on any atom is 0.239 e. The molecule has 1 saturated carbocycles. The molecule has 0 unspecified atom stereocenters. The van der Waals surface area contributed by atoms with Crippen molar-refractivity contribution in [2.45, 2.75) is 45.6 Å². The van der Waals surface area contributed by atoms with E-state index in [1.165, 1.54) is 0 Å². The van der Waals surface area contributed by atoms with Gasteiger partial charge in [-0.3, -0.25) is 4.79 Å². The van der Waals surface area contributed by atoms with E-state index in [4.69, 9.17) is 5.84 Å². The number of hydrogen-bond donors (Lipinski definition) is 4. The molecule has 1 fully saturated rings. The highest BCUT2D eigenvalue weighted by atomic mass is 16.2. The van der Waals surface area contributed by atoms with E-state index < -0.39 is 0 Å². The van der Waals surface area contributed by atoms with Gasteiger partial charge in [0, 0.05) is 18.0 Å². The minimum absolute atomic E-state index is 0.00943. The first-order chi connectivity index (χ1) is 9.63. The molecule has 2 rings (SSSR count). The molecule has 1 aromatic heterocycles. The molecular weight excluding hydrogens is 256 g/mol. The van der Waals surface area contributed by atoms with Crippen LogP contribution in [-0.2, 0) is 11.2 Å². The van der Waals surface area contributed by atoms with Gasteiger partial charge >= 0.3 is 0 Å². The van der Waals surface area contributed by atoms with Gasteiger partial charge in [-0.05, 0) is 26.2 Å². The first kappa shape index (κ1) is 14.5. The van der Waals surface area contributed by atoms with Gasteiger partial charge in [0.2, 0.25) is 5.91 Å². The van der Waals surface area contributed by atoms with Gasteiger partial charge in [0.05, 0.1) is 6.54 Å². The van der Waals surface area contributed by atoms with Gasteiger partial charge in [-0.1, -0.05) is 6.92 Å². The summed E-state index contributed by atoms with van der Waals surface area (Å²) in [5, 5.41) is 5.99. The molecule has 0 atom stereocenters. The molecule has 0 bridgehead atoms. The van der Waals surface area contributed by atoms with Crippen molar-refractivity contribution in [1.29, 1.82) is 0 Å². The molecular formula is C13H22N6O. The molecule has 1 aromatic rings. The number of anilines is 2. The highest BCUT2D eigenvalue weighted by molar-refractivity contribution is 5.81. The van der Waals surface area contributed by atoms with Crippen LogP contribution < -0.4 is 21.9 Å². The zero-order chi connectivity index (χ0) is 14.5. The number of carbonyl (C=O) groups is 1. The second kappa shape index (κ2) is 6.51. The molecule has 7 heteroatoms. The second-order valence-corrected chi connectivity index (χ2v) is 5.05. The Hall–Kier alpha value is -1.89. The summed E-state index contributed by atoms with van der Waals surface area (Å²) in [4.78, 5) is 20.5. The van der Waals surface area contributed by atoms with Crippen LogP contribution in [0.5, 0.6) is 0 Å². The summed E-state index contributed by atoms with van der Waals surface area (Å²) in [7, 11) is 0. The van der Waals surface area contributed by atoms with Crippen LogP contribution in [0.3, 0.4) is 0 Å². The number of nitrogens with two attached hydrogens (primary N) is 1. The summed E-state index contributed by atoms with van der Waals surface area (Å²) in [5.41, 5.74) is 3.38. The van der Waals surface area contributed by atoms with Gasteiger partial charge in [0.1, 0.15) is 17.5 Å². The fourth-order valence-corrected chi connectivity index (χ4v) is 1.88. The number of hydrazine groups is 1. The van der Waals surface area contributed by atoms with Gasteiger partial charge in [-0.2, -0.15) is 0 Å². The van der Waals surface area contributed by atoms with Crippen LogP contribution in [0.2, 0.25) is 0 Å². The van der Waals surface area contributed by atoms with Crippen LogP contribution >= 0.6 is 0 Å². The number of rotatable bonds is 7. The fourth-order valence-electron chi connectivity index (χ4n) is 1.88. The van der Waals surface area contributed by atoms with Crippen molar-refractivity contribution in [3.05, 3.63) is 11.4 Å². The van der Waals surface area contributed by atoms with Crippen molar-refractivity contribution in [2.24, 2.45) is 5.84 Å². The Morgan fingerprint density at radius 1 is 1.35 bits per heavy atom. The minimum atomic E-state index is -0.00943. The molecule has 5 N–H and O–H groups in total. The van der Waals surface area contributed by atoms with Gasteiger partial charge in [0.15, 0.2) is 0 Å². The topological polar surface area (TPSA) is 105 Å². The van der Waals surface area contributed by atoms with E-state index in [1.807, 2.05) is 6.92 Å². The minimum Gasteiger partial charge on any atom is -0.361 e. The molecule has 0 aromatic carbocycles. The molecule has 1 amide bonds. The number of carbonyl (C=O) groups excluding carboxylic acids is 1. The fraction of sp³-hybridized carbons (Fsp3) is 0.615. The molecule has 0 radical (unpaired) electrons. The lowest BCUT2D eigenvalue weighted by atomic mass is 10.2. The number of amides is 1. The Kier molecular flexibility index (Phi) is 4.73. The quantitative estimate of drug-likeness (QED) is 0.432. The van der Waals surface area contributed by atoms with Crippen LogP contribution in [0, 0.1) is 6.92 Å². The number of nitrogens with one attached hydrogen (secondary N) is 3. The van der Waals surface area contributed by atoms with E-state index in [0.717, 1.165) is 37.1 Å². The predicted molar refractivity (Wildman–Crippen MR) is 78.2 cm³/mol. The highest BCUT2D eigenvalue weighted by Gasteiger charge is 2.23. The lowest BCUT2D eigenvalue weighted by Crippen LogP contribution is -2.32. The third kappa shape index (κ3) is 3.80. The summed E-state index contributed by atoms with van der Waals surface area (Å²) < 4.78 is 0. The van der Waals surface area contributed by atoms with E-state index in [1.54, 1.807) is 0 Å². The first-order valence-corrected chi connectivity index (χ1v) is 7.01. The van der Waals surface area contributed by atoms with Crippen molar-refractivity contribution < 1.29 is 4.79 Å². The molecule has 20 heavy (non-hydrogen) atoms. The molecule has 1 aliphatic rings. The number of nitrogen functional groups attached to an aromatic ring is 1. The largest absolute Gasteiger partial charge is 0.361 e. The lowest BCUT2D eigenvalue weighted by Gasteiger charge is -2.13. The van der Waals surface area contributed by atoms with Gasteiger partial charge in [-0.25, -0.2) is 15.8 Å². The van der Waals surface area contributed by atoms with Gasteiger partial charge < -0.3 is 16.1 Å². The number of hydrogen-bond acceptors (Lipinski definition) is 6. The molecule has 0 saturated heterocycles. The average Bonchev–Trinajstić information content (AvgIpc) is 3.23. The zero-order valence-corrected chi connectivity index (χ0v) is 12.0. The van der Waals surface area contributed by atoms with Gasteiger partial charge in [-0.15, -0.1) is 0 Å². The van der Waals surface area contributed by atoms with Crippen molar-refractivity contribution in [1.82, 2.24) is 15.3 Å². The maximum absolute atomic E-state index is 11.7. The monoisotopic (exact) mass is 278 g/mol. The van der Waals surface area contributed by atoms with Gasteiger partial charge in [0.25, 0.3) is 0 Å². The van der Waals surface area contributed by atoms with E-state index >= 15 is 0 Å². The normalized spacial score (nSPS) is 13.9. The Bertz CT molecular complexity index is 486. The Balaban J connectivity index is 2.03. The predicted octanol–water partition coefficient (Wildman–Crippen LogP) is 0.714. The smallest absolute Gasteiger partial charge is 0.239 e. The van der Waals surface area contributed by atoms with Crippen LogP contribution in [0.25, 0.3) is 0 Å². The third-order valence-corrected chi connectivity index (χ3v) is 3.16. The summed E-state index contributed by atoms with van der Waals surface area (Å²) in [6, 6.07) is 0.368. The standard InChI is InChI=1S/C13H22N6O/c1-3-4-10-17-12(8(2)13(18-10)19-14)15-7-11(20)16-9-5-6-9/h9H,3-7,14H2,1-2H3,(H,16,20)(H2,15,17,18,19). The maximum atomic E-state index is 11.7. The van der Waals surface area contributed by atoms with Crippen LogP contribution in [0.4, 0.5) is 11.6 Å². The Morgan fingerprint density at radius 2 is 2.05 bits per heavy atom. The third-order valence-electron chi connectivity index (χ3n) is 3.16. The van der Waals surface area contributed by atoms with Crippen LogP contribution in [0.1, 0.15) is 37.6 Å². The van der Waals surface area contributed by atoms with Crippen molar-refractivity contribution >= 4 is 17.5 Å².